The Balaban J connectivity index is 2.49. The van der Waals surface area contributed by atoms with E-state index in [0.717, 1.165) is 6.42 Å². The van der Waals surface area contributed by atoms with E-state index in [4.69, 9.17) is 4.99 Å². The molecule has 1 rings (SSSR count). The van der Waals surface area contributed by atoms with Crippen molar-refractivity contribution in [3.05, 3.63) is 0 Å². The van der Waals surface area contributed by atoms with Crippen LogP contribution in [0.1, 0.15) is 60.3 Å². The van der Waals surface area contributed by atoms with E-state index in [0.29, 0.717) is 12.0 Å². The third-order valence-corrected chi connectivity index (χ3v) is 3.19. The predicted molar refractivity (Wildman–Crippen MR) is 67.4 cm³/mol. The van der Waals surface area contributed by atoms with E-state index >= 15 is 0 Å². The van der Waals surface area contributed by atoms with Crippen LogP contribution in [0.3, 0.4) is 0 Å². The summed E-state index contributed by atoms with van der Waals surface area (Å²) in [5, 5.41) is 3.59. The lowest BCUT2D eigenvalue weighted by molar-refractivity contribution is 0.332. The fourth-order valence-electron chi connectivity index (χ4n) is 2.46. The first kappa shape index (κ1) is 12.5. The zero-order valence-corrected chi connectivity index (χ0v) is 10.9. The van der Waals surface area contributed by atoms with Gasteiger partial charge in [-0.3, -0.25) is 4.99 Å². The van der Waals surface area contributed by atoms with Gasteiger partial charge < -0.3 is 5.32 Å². The van der Waals surface area contributed by atoms with E-state index in [2.05, 4.69) is 39.9 Å². The van der Waals surface area contributed by atoms with Crippen LogP contribution in [-0.4, -0.2) is 17.4 Å². The molecule has 0 aromatic carbocycles. The largest absolute Gasteiger partial charge is 0.368 e. The molecule has 1 N–H and O–H groups in total. The Morgan fingerprint density at radius 3 is 2.47 bits per heavy atom. The smallest absolute Gasteiger partial charge is 0.0973 e. The summed E-state index contributed by atoms with van der Waals surface area (Å²) < 4.78 is 0. The van der Waals surface area contributed by atoms with Gasteiger partial charge in [0.2, 0.25) is 0 Å². The highest BCUT2D eigenvalue weighted by Gasteiger charge is 2.36. The lowest BCUT2D eigenvalue weighted by Gasteiger charge is -2.28. The van der Waals surface area contributed by atoms with E-state index in [1.807, 2.05) is 0 Å². The average molecular weight is 210 g/mol. The highest BCUT2D eigenvalue weighted by Crippen LogP contribution is 2.26. The van der Waals surface area contributed by atoms with Crippen LogP contribution >= 0.6 is 0 Å². The Bertz CT molecular complexity index is 229. The Morgan fingerprint density at radius 2 is 2.00 bits per heavy atom. The van der Waals surface area contributed by atoms with Crippen molar-refractivity contribution >= 4 is 5.84 Å². The minimum atomic E-state index is 0.0791. The molecule has 1 heterocycles. The van der Waals surface area contributed by atoms with Crippen molar-refractivity contribution in [2.45, 2.75) is 71.9 Å². The van der Waals surface area contributed by atoms with Crippen LogP contribution in [0.15, 0.2) is 4.99 Å². The molecule has 0 spiro atoms. The van der Waals surface area contributed by atoms with Crippen molar-refractivity contribution < 1.29 is 0 Å². The number of hydrogen-bond donors (Lipinski definition) is 1. The molecule has 0 aromatic rings. The molecule has 0 radical (unpaired) electrons. The zero-order valence-electron chi connectivity index (χ0n) is 10.9. The number of hydrogen-bond acceptors (Lipinski definition) is 2. The minimum absolute atomic E-state index is 0.0791. The van der Waals surface area contributed by atoms with Gasteiger partial charge in [0.05, 0.1) is 17.4 Å². The molecule has 88 valence electrons. The Labute approximate surface area is 94.6 Å². The number of nitrogens with zero attached hydrogens (tertiary/aromatic N) is 1. The van der Waals surface area contributed by atoms with Crippen LogP contribution < -0.4 is 5.32 Å². The number of amidine groups is 1. The van der Waals surface area contributed by atoms with Crippen molar-refractivity contribution in [2.75, 3.05) is 0 Å². The zero-order chi connectivity index (χ0) is 11.5. The second kappa shape index (κ2) is 5.00. The van der Waals surface area contributed by atoms with Gasteiger partial charge in [-0.25, -0.2) is 0 Å². The molecule has 0 saturated carbocycles. The average Bonchev–Trinajstić information content (AvgIpc) is 2.41. The standard InChI is InChI=1S/C13H26N2/c1-6-7-8-9-11-14-12(10(2)3)13(4,5)15-11/h10,12H,6-9H2,1-5H3,(H,14,15). The topological polar surface area (TPSA) is 24.4 Å². The molecular formula is C13H26N2. The number of rotatable bonds is 5. The molecule has 0 amide bonds. The fraction of sp³-hybridized carbons (Fsp3) is 0.923. The molecule has 0 aliphatic carbocycles. The molecule has 0 fully saturated rings. The van der Waals surface area contributed by atoms with Gasteiger partial charge in [0.1, 0.15) is 0 Å². The van der Waals surface area contributed by atoms with Crippen LogP contribution in [0.5, 0.6) is 0 Å². The maximum Gasteiger partial charge on any atom is 0.0973 e. The lowest BCUT2D eigenvalue weighted by atomic mass is 9.88. The normalized spacial score (nSPS) is 24.1. The molecule has 1 aliphatic heterocycles. The van der Waals surface area contributed by atoms with Crippen molar-refractivity contribution in [3.63, 3.8) is 0 Å². The van der Waals surface area contributed by atoms with Gasteiger partial charge in [0, 0.05) is 6.42 Å². The monoisotopic (exact) mass is 210 g/mol. The fourth-order valence-corrected chi connectivity index (χ4v) is 2.46. The Kier molecular flexibility index (Phi) is 4.18. The van der Waals surface area contributed by atoms with Crippen molar-refractivity contribution in [3.8, 4) is 0 Å². The van der Waals surface area contributed by atoms with E-state index in [-0.39, 0.29) is 5.54 Å². The summed E-state index contributed by atoms with van der Waals surface area (Å²) in [5.74, 6) is 1.87. The van der Waals surface area contributed by atoms with Crippen LogP contribution in [0.25, 0.3) is 0 Å². The second-order valence-electron chi connectivity index (χ2n) is 5.54. The summed E-state index contributed by atoms with van der Waals surface area (Å²) >= 11 is 0. The molecule has 2 nitrogen and oxygen atoms in total. The summed E-state index contributed by atoms with van der Waals surface area (Å²) in [6.07, 6.45) is 4.99. The Hall–Kier alpha value is -0.530. The van der Waals surface area contributed by atoms with Crippen molar-refractivity contribution in [1.82, 2.24) is 5.32 Å². The maximum atomic E-state index is 4.80. The van der Waals surface area contributed by atoms with E-state index in [1.165, 1.54) is 25.1 Å². The van der Waals surface area contributed by atoms with E-state index < -0.39 is 0 Å². The van der Waals surface area contributed by atoms with Crippen LogP contribution in [0.2, 0.25) is 0 Å². The lowest BCUT2D eigenvalue weighted by Crippen LogP contribution is -2.44. The first-order valence-corrected chi connectivity index (χ1v) is 6.32. The second-order valence-corrected chi connectivity index (χ2v) is 5.54. The number of unbranched alkanes of at least 4 members (excludes halogenated alkanes) is 2. The van der Waals surface area contributed by atoms with Crippen LogP contribution in [-0.2, 0) is 0 Å². The summed E-state index contributed by atoms with van der Waals surface area (Å²) in [6.45, 7) is 11.2. The SMILES string of the molecule is CCCCCC1=NC(C)(C)C(C(C)C)N1. The minimum Gasteiger partial charge on any atom is -0.368 e. The van der Waals surface area contributed by atoms with Gasteiger partial charge in [-0.15, -0.1) is 0 Å². The van der Waals surface area contributed by atoms with E-state index in [1.54, 1.807) is 0 Å². The van der Waals surface area contributed by atoms with Gasteiger partial charge in [-0.05, 0) is 26.2 Å². The van der Waals surface area contributed by atoms with Gasteiger partial charge in [-0.2, -0.15) is 0 Å². The highest BCUT2D eigenvalue weighted by molar-refractivity contribution is 5.85. The summed E-state index contributed by atoms with van der Waals surface area (Å²) in [5.41, 5.74) is 0.0791. The first-order chi connectivity index (χ1) is 6.97. The van der Waals surface area contributed by atoms with Crippen molar-refractivity contribution in [2.24, 2.45) is 10.9 Å². The van der Waals surface area contributed by atoms with Gasteiger partial charge in [0.25, 0.3) is 0 Å². The molecule has 0 aromatic heterocycles. The number of nitrogens with one attached hydrogen (secondary N) is 1. The quantitative estimate of drug-likeness (QED) is 0.691. The third kappa shape index (κ3) is 3.22. The molecule has 0 bridgehead atoms. The molecular weight excluding hydrogens is 184 g/mol. The molecule has 1 aliphatic rings. The number of aliphatic imine (C=N–C) groups is 1. The Morgan fingerprint density at radius 1 is 1.33 bits per heavy atom. The van der Waals surface area contributed by atoms with Crippen molar-refractivity contribution in [1.29, 1.82) is 0 Å². The molecule has 15 heavy (non-hydrogen) atoms. The maximum absolute atomic E-state index is 4.80. The van der Waals surface area contributed by atoms with Crippen LogP contribution in [0.4, 0.5) is 0 Å². The van der Waals surface area contributed by atoms with Gasteiger partial charge >= 0.3 is 0 Å². The first-order valence-electron chi connectivity index (χ1n) is 6.32. The summed E-state index contributed by atoms with van der Waals surface area (Å²) in [4.78, 5) is 4.80. The highest BCUT2D eigenvalue weighted by atomic mass is 15.2. The van der Waals surface area contributed by atoms with Gasteiger partial charge in [-0.1, -0.05) is 33.6 Å². The van der Waals surface area contributed by atoms with E-state index in [9.17, 15) is 0 Å². The summed E-state index contributed by atoms with van der Waals surface area (Å²) in [7, 11) is 0. The predicted octanol–water partition coefficient (Wildman–Crippen LogP) is 3.37. The molecule has 2 heteroatoms. The summed E-state index contributed by atoms with van der Waals surface area (Å²) in [6, 6.07) is 0.508. The molecule has 1 atom stereocenters. The third-order valence-electron chi connectivity index (χ3n) is 3.19. The van der Waals surface area contributed by atoms with Crippen LogP contribution in [0, 0.1) is 5.92 Å². The van der Waals surface area contributed by atoms with Gasteiger partial charge in [0.15, 0.2) is 0 Å². The molecule has 1 unspecified atom stereocenters. The molecule has 0 saturated heterocycles.